The van der Waals surface area contributed by atoms with Gasteiger partial charge in [0, 0.05) is 13.1 Å². The third-order valence-electron chi connectivity index (χ3n) is 3.90. The molecule has 10 heteroatoms. The first kappa shape index (κ1) is 17.7. The predicted octanol–water partition coefficient (Wildman–Crippen LogP) is 1.56. The third kappa shape index (κ3) is 4.95. The lowest BCUT2D eigenvalue weighted by atomic mass is 9.97. The predicted molar refractivity (Wildman–Crippen MR) is 95.2 cm³/mol. The van der Waals surface area contributed by atoms with Crippen molar-refractivity contribution in [2.75, 3.05) is 24.2 Å². The highest BCUT2D eigenvalue weighted by Gasteiger charge is 2.27. The minimum absolute atomic E-state index is 0.00348. The number of primary amides is 1. The average Bonchev–Trinajstić information content (AvgIpc) is 3.29. The number of carbonyl (C=O) groups excluding carboxylic acids is 2. The Hall–Kier alpha value is -2.07. The number of hydrogen-bond donors (Lipinski definition) is 2. The van der Waals surface area contributed by atoms with Gasteiger partial charge in [-0.3, -0.25) is 9.59 Å². The molecule has 1 aliphatic heterocycles. The molecule has 134 valence electrons. The van der Waals surface area contributed by atoms with Crippen molar-refractivity contribution in [3.8, 4) is 0 Å². The Balaban J connectivity index is 1.45. The minimum atomic E-state index is -0.332. The topological polar surface area (TPSA) is 114 Å². The molecule has 3 rings (SSSR count). The van der Waals surface area contributed by atoms with Gasteiger partial charge in [0.2, 0.25) is 16.9 Å². The highest BCUT2D eigenvalue weighted by molar-refractivity contribution is 8.01. The van der Waals surface area contributed by atoms with Gasteiger partial charge in [-0.25, -0.2) is 0 Å². The summed E-state index contributed by atoms with van der Waals surface area (Å²) in [4.78, 5) is 25.3. The Morgan fingerprint density at radius 2 is 2.36 bits per heavy atom. The smallest absolute Gasteiger partial charge is 0.233 e. The molecule has 1 fully saturated rings. The molecule has 0 bridgehead atoms. The van der Waals surface area contributed by atoms with E-state index >= 15 is 0 Å². The summed E-state index contributed by atoms with van der Waals surface area (Å²) in [5.41, 5.74) is 5.35. The summed E-state index contributed by atoms with van der Waals surface area (Å²) < 4.78 is 5.96. The lowest BCUT2D eigenvalue weighted by Crippen LogP contribution is -2.44. The molecule has 2 aromatic rings. The van der Waals surface area contributed by atoms with Crippen LogP contribution in [0.2, 0.25) is 0 Å². The highest BCUT2D eigenvalue weighted by atomic mass is 32.2. The van der Waals surface area contributed by atoms with Crippen LogP contribution in [0.15, 0.2) is 27.2 Å². The second-order valence-electron chi connectivity index (χ2n) is 5.68. The fourth-order valence-electron chi connectivity index (χ4n) is 2.57. The van der Waals surface area contributed by atoms with Gasteiger partial charge in [0.1, 0.15) is 5.76 Å². The number of nitrogens with zero attached hydrogens (tertiary/aromatic N) is 3. The molecule has 0 saturated carbocycles. The Morgan fingerprint density at radius 3 is 3.12 bits per heavy atom. The summed E-state index contributed by atoms with van der Waals surface area (Å²) in [6, 6.07) is 3.70. The number of aromatic nitrogens is 2. The second-order valence-corrected chi connectivity index (χ2v) is 7.88. The zero-order valence-corrected chi connectivity index (χ0v) is 15.1. The van der Waals surface area contributed by atoms with Crippen LogP contribution in [0.1, 0.15) is 18.6 Å². The summed E-state index contributed by atoms with van der Waals surface area (Å²) in [7, 11) is 0. The standard InChI is InChI=1S/C15H19N5O3S2/c16-13(22)10-3-1-5-20(8-10)12(21)9-24-15-19-18-14(25-15)17-7-11-4-2-6-23-11/h2,4,6,10H,1,3,5,7-9H2,(H2,16,22)(H,17,18)/t10-/m1/s1. The van der Waals surface area contributed by atoms with Gasteiger partial charge in [-0.15, -0.1) is 10.2 Å². The normalized spacial score (nSPS) is 17.4. The lowest BCUT2D eigenvalue weighted by Gasteiger charge is -2.31. The van der Waals surface area contributed by atoms with Crippen LogP contribution in [0.3, 0.4) is 0 Å². The van der Waals surface area contributed by atoms with E-state index in [-0.39, 0.29) is 23.5 Å². The van der Waals surface area contributed by atoms with E-state index in [1.165, 1.54) is 23.1 Å². The number of anilines is 1. The van der Waals surface area contributed by atoms with Gasteiger partial charge in [0.15, 0.2) is 4.34 Å². The van der Waals surface area contributed by atoms with E-state index in [0.717, 1.165) is 22.9 Å². The van der Waals surface area contributed by atoms with E-state index in [4.69, 9.17) is 10.2 Å². The van der Waals surface area contributed by atoms with Crippen molar-refractivity contribution in [3.63, 3.8) is 0 Å². The number of carbonyl (C=O) groups is 2. The van der Waals surface area contributed by atoms with Crippen LogP contribution in [0.5, 0.6) is 0 Å². The van der Waals surface area contributed by atoms with Crippen LogP contribution >= 0.6 is 23.1 Å². The fourth-order valence-corrected chi connectivity index (χ4v) is 4.22. The van der Waals surface area contributed by atoms with Crippen LogP contribution in [0, 0.1) is 5.92 Å². The number of likely N-dealkylation sites (tertiary alicyclic amines) is 1. The first-order chi connectivity index (χ1) is 12.1. The molecule has 3 N–H and O–H groups in total. The first-order valence-corrected chi connectivity index (χ1v) is 9.71. The molecule has 1 atom stereocenters. The first-order valence-electron chi connectivity index (χ1n) is 7.91. The van der Waals surface area contributed by atoms with Crippen LogP contribution in [0.25, 0.3) is 0 Å². The highest BCUT2D eigenvalue weighted by Crippen LogP contribution is 2.26. The van der Waals surface area contributed by atoms with E-state index in [1.54, 1.807) is 11.2 Å². The van der Waals surface area contributed by atoms with Crippen LogP contribution in [0.4, 0.5) is 5.13 Å². The van der Waals surface area contributed by atoms with E-state index in [1.807, 2.05) is 12.1 Å². The molecule has 0 aliphatic carbocycles. The van der Waals surface area contributed by atoms with Gasteiger partial charge in [-0.1, -0.05) is 23.1 Å². The van der Waals surface area contributed by atoms with Gasteiger partial charge < -0.3 is 20.4 Å². The monoisotopic (exact) mass is 381 g/mol. The van der Waals surface area contributed by atoms with E-state index in [2.05, 4.69) is 15.5 Å². The molecule has 0 spiro atoms. The zero-order valence-electron chi connectivity index (χ0n) is 13.5. The molecule has 2 amide bonds. The van der Waals surface area contributed by atoms with Crippen molar-refractivity contribution < 1.29 is 14.0 Å². The van der Waals surface area contributed by atoms with Crippen molar-refractivity contribution in [2.45, 2.75) is 23.7 Å². The molecule has 0 aromatic carbocycles. The molecule has 0 radical (unpaired) electrons. The van der Waals surface area contributed by atoms with Crippen LogP contribution in [-0.4, -0.2) is 45.8 Å². The Bertz CT molecular complexity index is 719. The van der Waals surface area contributed by atoms with Gasteiger partial charge >= 0.3 is 0 Å². The molecule has 3 heterocycles. The number of nitrogens with one attached hydrogen (secondary N) is 1. The molecule has 0 unspecified atom stereocenters. The quantitative estimate of drug-likeness (QED) is 0.699. The number of piperidine rings is 1. The van der Waals surface area contributed by atoms with E-state index in [9.17, 15) is 9.59 Å². The third-order valence-corrected chi connectivity index (χ3v) is 5.90. The van der Waals surface area contributed by atoms with Crippen LogP contribution in [-0.2, 0) is 16.1 Å². The number of nitrogens with two attached hydrogens (primary N) is 1. The Morgan fingerprint density at radius 1 is 1.48 bits per heavy atom. The molecule has 2 aromatic heterocycles. The van der Waals surface area contributed by atoms with Crippen molar-refractivity contribution in [1.29, 1.82) is 0 Å². The number of amides is 2. The van der Waals surface area contributed by atoms with E-state index < -0.39 is 0 Å². The number of rotatable bonds is 7. The van der Waals surface area contributed by atoms with E-state index in [0.29, 0.717) is 24.8 Å². The molecule has 1 aliphatic rings. The Labute approximate surface area is 153 Å². The van der Waals surface area contributed by atoms with Crippen molar-refractivity contribution in [1.82, 2.24) is 15.1 Å². The molecular weight excluding hydrogens is 362 g/mol. The number of hydrogen-bond acceptors (Lipinski definition) is 8. The van der Waals surface area contributed by atoms with Gasteiger partial charge in [0.05, 0.1) is 24.5 Å². The molecular formula is C15H19N5O3S2. The maximum Gasteiger partial charge on any atom is 0.233 e. The van der Waals surface area contributed by atoms with Gasteiger partial charge in [0.25, 0.3) is 0 Å². The summed E-state index contributed by atoms with van der Waals surface area (Å²) in [6.07, 6.45) is 3.18. The lowest BCUT2D eigenvalue weighted by molar-refractivity contribution is -0.132. The maximum atomic E-state index is 12.3. The Kier molecular flexibility index (Phi) is 5.92. The zero-order chi connectivity index (χ0) is 17.6. The maximum absolute atomic E-state index is 12.3. The average molecular weight is 381 g/mol. The largest absolute Gasteiger partial charge is 0.467 e. The number of thioether (sulfide) groups is 1. The molecule has 25 heavy (non-hydrogen) atoms. The van der Waals surface area contributed by atoms with Crippen LogP contribution < -0.4 is 11.1 Å². The van der Waals surface area contributed by atoms with Gasteiger partial charge in [-0.2, -0.15) is 0 Å². The summed E-state index contributed by atoms with van der Waals surface area (Å²) in [6.45, 7) is 1.63. The van der Waals surface area contributed by atoms with Gasteiger partial charge in [-0.05, 0) is 25.0 Å². The molecule has 1 saturated heterocycles. The number of furan rings is 1. The second kappa shape index (κ2) is 8.34. The summed E-state index contributed by atoms with van der Waals surface area (Å²) >= 11 is 2.74. The molecule has 8 nitrogen and oxygen atoms in total. The fraction of sp³-hybridized carbons (Fsp3) is 0.467. The van der Waals surface area contributed by atoms with Crippen molar-refractivity contribution >= 4 is 40.0 Å². The minimum Gasteiger partial charge on any atom is -0.467 e. The van der Waals surface area contributed by atoms with Crippen molar-refractivity contribution in [2.24, 2.45) is 11.7 Å². The van der Waals surface area contributed by atoms with Crippen molar-refractivity contribution in [3.05, 3.63) is 24.2 Å². The summed E-state index contributed by atoms with van der Waals surface area (Å²) in [5, 5.41) is 11.9. The summed E-state index contributed by atoms with van der Waals surface area (Å²) in [5.74, 6) is 0.520. The SMILES string of the molecule is NC(=O)[C@@H]1CCCN(C(=O)CSc2nnc(NCc3ccco3)s2)C1.